The highest BCUT2D eigenvalue weighted by molar-refractivity contribution is 7.80. The largest absolute Gasteiger partial charge is 0.362 e. The molecule has 0 unspecified atom stereocenters. The van der Waals surface area contributed by atoms with Crippen molar-refractivity contribution in [3.8, 4) is 0 Å². The number of thiocarbonyl (C=S) groups is 1. The molecule has 5 heteroatoms. The zero-order valence-corrected chi connectivity index (χ0v) is 8.73. The van der Waals surface area contributed by atoms with Gasteiger partial charge in [0.15, 0.2) is 5.11 Å². The number of nitrogens with one attached hydrogen (secondary N) is 3. The summed E-state index contributed by atoms with van der Waals surface area (Å²) in [7, 11) is 0. The summed E-state index contributed by atoms with van der Waals surface area (Å²) in [6, 6.07) is 0. The van der Waals surface area contributed by atoms with Gasteiger partial charge >= 0.3 is 0 Å². The molecule has 76 valence electrons. The van der Waals surface area contributed by atoms with Gasteiger partial charge in [-0.05, 0) is 12.2 Å². The van der Waals surface area contributed by atoms with E-state index < -0.39 is 0 Å². The van der Waals surface area contributed by atoms with Gasteiger partial charge in [-0.25, -0.2) is 4.98 Å². The number of aromatic amines is 1. The second kappa shape index (κ2) is 6.15. The summed E-state index contributed by atoms with van der Waals surface area (Å²) < 4.78 is 0. The summed E-state index contributed by atoms with van der Waals surface area (Å²) in [4.78, 5) is 6.95. The van der Waals surface area contributed by atoms with Gasteiger partial charge in [-0.2, -0.15) is 0 Å². The van der Waals surface area contributed by atoms with E-state index in [-0.39, 0.29) is 0 Å². The molecule has 0 aliphatic rings. The van der Waals surface area contributed by atoms with Gasteiger partial charge in [-0.15, -0.1) is 6.58 Å². The first-order valence-corrected chi connectivity index (χ1v) is 4.83. The number of nitrogens with zero attached hydrogens (tertiary/aromatic N) is 1. The van der Waals surface area contributed by atoms with E-state index in [1.807, 2.05) is 6.20 Å². The smallest absolute Gasteiger partial charge is 0.166 e. The lowest BCUT2D eigenvalue weighted by Crippen LogP contribution is -2.36. The maximum absolute atomic E-state index is 5.02. The fraction of sp³-hybridized carbons (Fsp3) is 0.333. The van der Waals surface area contributed by atoms with Gasteiger partial charge in [-0.3, -0.25) is 0 Å². The van der Waals surface area contributed by atoms with Crippen LogP contribution in [0.1, 0.15) is 5.69 Å². The third-order valence-corrected chi connectivity index (χ3v) is 1.93. The first-order chi connectivity index (χ1) is 6.83. The van der Waals surface area contributed by atoms with E-state index in [9.17, 15) is 0 Å². The maximum atomic E-state index is 5.02. The summed E-state index contributed by atoms with van der Waals surface area (Å²) in [6.07, 6.45) is 6.13. The molecule has 0 spiro atoms. The van der Waals surface area contributed by atoms with Crippen LogP contribution in [0.15, 0.2) is 25.2 Å². The van der Waals surface area contributed by atoms with Crippen LogP contribution >= 0.6 is 12.2 Å². The molecule has 1 aromatic heterocycles. The lowest BCUT2D eigenvalue weighted by Gasteiger charge is -2.07. The Kier molecular flexibility index (Phi) is 4.71. The first kappa shape index (κ1) is 10.7. The predicted molar refractivity (Wildman–Crippen MR) is 61.1 cm³/mol. The van der Waals surface area contributed by atoms with Gasteiger partial charge in [-0.1, -0.05) is 6.08 Å². The van der Waals surface area contributed by atoms with E-state index in [0.29, 0.717) is 11.7 Å². The van der Waals surface area contributed by atoms with Crippen molar-refractivity contribution >= 4 is 17.3 Å². The second-order valence-electron chi connectivity index (χ2n) is 2.75. The zero-order chi connectivity index (χ0) is 10.2. The summed E-state index contributed by atoms with van der Waals surface area (Å²) >= 11 is 5.02. The molecular weight excluding hydrogens is 196 g/mol. The van der Waals surface area contributed by atoms with Crippen LogP contribution in [0.3, 0.4) is 0 Å². The monoisotopic (exact) mass is 210 g/mol. The summed E-state index contributed by atoms with van der Waals surface area (Å²) in [5, 5.41) is 6.73. The Morgan fingerprint density at radius 2 is 2.50 bits per heavy atom. The van der Waals surface area contributed by atoms with Crippen molar-refractivity contribution in [2.75, 3.05) is 13.1 Å². The molecule has 14 heavy (non-hydrogen) atoms. The molecule has 0 atom stereocenters. The molecule has 0 aliphatic carbocycles. The van der Waals surface area contributed by atoms with Crippen LogP contribution in [0.5, 0.6) is 0 Å². The van der Waals surface area contributed by atoms with E-state index in [2.05, 4.69) is 27.2 Å². The minimum Gasteiger partial charge on any atom is -0.362 e. The average molecular weight is 210 g/mol. The van der Waals surface area contributed by atoms with Crippen molar-refractivity contribution < 1.29 is 0 Å². The SMILES string of the molecule is C=CCNC(=S)NCCc1cnc[nH]1. The summed E-state index contributed by atoms with van der Waals surface area (Å²) in [5.74, 6) is 0. The number of hydrogen-bond donors (Lipinski definition) is 3. The molecule has 0 radical (unpaired) electrons. The maximum Gasteiger partial charge on any atom is 0.166 e. The Morgan fingerprint density at radius 3 is 3.14 bits per heavy atom. The Labute approximate surface area is 88.8 Å². The van der Waals surface area contributed by atoms with Crippen molar-refractivity contribution in [2.45, 2.75) is 6.42 Å². The quantitative estimate of drug-likeness (QED) is 0.492. The molecule has 0 saturated heterocycles. The van der Waals surface area contributed by atoms with E-state index in [1.54, 1.807) is 12.4 Å². The van der Waals surface area contributed by atoms with Crippen LogP contribution in [0.4, 0.5) is 0 Å². The Balaban J connectivity index is 2.09. The molecule has 1 aromatic rings. The van der Waals surface area contributed by atoms with Crippen LogP contribution in [-0.2, 0) is 6.42 Å². The summed E-state index contributed by atoms with van der Waals surface area (Å²) in [6.45, 7) is 5.08. The van der Waals surface area contributed by atoms with Crippen molar-refractivity contribution in [2.24, 2.45) is 0 Å². The van der Waals surface area contributed by atoms with Gasteiger partial charge in [0.2, 0.25) is 0 Å². The third-order valence-electron chi connectivity index (χ3n) is 1.64. The van der Waals surface area contributed by atoms with Crippen LogP contribution < -0.4 is 10.6 Å². The van der Waals surface area contributed by atoms with Gasteiger partial charge < -0.3 is 15.6 Å². The highest BCUT2D eigenvalue weighted by Gasteiger charge is 1.95. The van der Waals surface area contributed by atoms with Crippen LogP contribution in [0, 0.1) is 0 Å². The summed E-state index contributed by atoms with van der Waals surface area (Å²) in [5.41, 5.74) is 1.10. The fourth-order valence-electron chi connectivity index (χ4n) is 0.959. The fourth-order valence-corrected chi connectivity index (χ4v) is 1.14. The van der Waals surface area contributed by atoms with Crippen LogP contribution in [-0.4, -0.2) is 28.2 Å². The van der Waals surface area contributed by atoms with Crippen LogP contribution in [0.2, 0.25) is 0 Å². The first-order valence-electron chi connectivity index (χ1n) is 4.43. The zero-order valence-electron chi connectivity index (χ0n) is 7.92. The lowest BCUT2D eigenvalue weighted by molar-refractivity contribution is 0.826. The molecule has 3 N–H and O–H groups in total. The highest BCUT2D eigenvalue weighted by atomic mass is 32.1. The number of rotatable bonds is 5. The minimum atomic E-state index is 0.657. The number of H-pyrrole nitrogens is 1. The van der Waals surface area contributed by atoms with Gasteiger partial charge in [0.25, 0.3) is 0 Å². The van der Waals surface area contributed by atoms with E-state index >= 15 is 0 Å². The molecule has 0 aromatic carbocycles. The molecule has 0 bridgehead atoms. The van der Waals surface area contributed by atoms with Gasteiger partial charge in [0.1, 0.15) is 0 Å². The standard InChI is InChI=1S/C9H14N4S/c1-2-4-11-9(14)12-5-3-8-6-10-7-13-8/h2,6-7H,1,3-5H2,(H,10,13)(H2,11,12,14). The van der Waals surface area contributed by atoms with Crippen molar-refractivity contribution in [1.29, 1.82) is 0 Å². The molecule has 4 nitrogen and oxygen atoms in total. The van der Waals surface area contributed by atoms with Crippen molar-refractivity contribution in [3.05, 3.63) is 30.9 Å². The molecule has 1 rings (SSSR count). The Bertz CT molecular complexity index is 281. The predicted octanol–water partition coefficient (Wildman–Crippen LogP) is 0.602. The molecule has 0 amide bonds. The Hall–Kier alpha value is -1.36. The van der Waals surface area contributed by atoms with Crippen molar-refractivity contribution in [3.63, 3.8) is 0 Å². The normalized spacial score (nSPS) is 9.43. The molecule has 0 fully saturated rings. The molecule has 0 aliphatic heterocycles. The van der Waals surface area contributed by atoms with E-state index in [0.717, 1.165) is 18.7 Å². The highest BCUT2D eigenvalue weighted by Crippen LogP contribution is 1.90. The number of hydrogen-bond acceptors (Lipinski definition) is 2. The topological polar surface area (TPSA) is 52.7 Å². The van der Waals surface area contributed by atoms with Crippen molar-refractivity contribution in [1.82, 2.24) is 20.6 Å². The van der Waals surface area contributed by atoms with Crippen LogP contribution in [0.25, 0.3) is 0 Å². The molecule has 1 heterocycles. The average Bonchev–Trinajstić information content (AvgIpc) is 2.67. The lowest BCUT2D eigenvalue weighted by atomic mass is 10.3. The second-order valence-corrected chi connectivity index (χ2v) is 3.16. The number of aromatic nitrogens is 2. The van der Waals surface area contributed by atoms with E-state index in [4.69, 9.17) is 12.2 Å². The van der Waals surface area contributed by atoms with Gasteiger partial charge in [0, 0.05) is 31.4 Å². The third kappa shape index (κ3) is 4.04. The molecule has 0 saturated carbocycles. The molecular formula is C9H14N4S. The number of imidazole rings is 1. The minimum absolute atomic E-state index is 0.657. The van der Waals surface area contributed by atoms with E-state index in [1.165, 1.54) is 0 Å². The Morgan fingerprint density at radius 1 is 1.64 bits per heavy atom. The van der Waals surface area contributed by atoms with Gasteiger partial charge in [0.05, 0.1) is 6.33 Å².